The largest absolute Gasteiger partial charge is 0.212 e. The lowest BCUT2D eigenvalue weighted by atomic mass is 10.2. The van der Waals surface area contributed by atoms with Crippen molar-refractivity contribution in [2.75, 3.05) is 23.0 Å². The number of allylic oxidation sites excluding steroid dienone is 1. The van der Waals surface area contributed by atoms with Crippen LogP contribution in [0.1, 0.15) is 12.5 Å². The summed E-state index contributed by atoms with van der Waals surface area (Å²) in [5, 5.41) is 0. The molecular formula is C13H16S2+2. The van der Waals surface area contributed by atoms with E-state index in [4.69, 9.17) is 0 Å². The van der Waals surface area contributed by atoms with Gasteiger partial charge in [0.05, 0.1) is 0 Å². The second-order valence-corrected chi connectivity index (χ2v) is 8.68. The Morgan fingerprint density at radius 2 is 1.47 bits per heavy atom. The summed E-state index contributed by atoms with van der Waals surface area (Å²) >= 11 is 0. The van der Waals surface area contributed by atoms with E-state index in [0.717, 1.165) is 0 Å². The molecule has 0 spiro atoms. The molecule has 1 aromatic carbocycles. The van der Waals surface area contributed by atoms with Crippen molar-refractivity contribution in [1.29, 1.82) is 0 Å². The van der Waals surface area contributed by atoms with Crippen LogP contribution < -0.4 is 0 Å². The van der Waals surface area contributed by atoms with Crippen molar-refractivity contribution < 1.29 is 0 Å². The smallest absolute Gasteiger partial charge is 0.0622 e. The molecule has 0 amide bonds. The standard InChI is InChI=1S/C13H16S2/c1-11-13(12-5-3-2-4-6-12)15-9-7-14(11)8-10-15/h2-6H,7-10H2,1H3/q+2. The summed E-state index contributed by atoms with van der Waals surface area (Å²) in [4.78, 5) is 3.44. The third-order valence-electron chi connectivity index (χ3n) is 3.23. The Hall–Kier alpha value is -0.340. The van der Waals surface area contributed by atoms with Gasteiger partial charge in [-0.1, -0.05) is 18.2 Å². The first-order chi connectivity index (χ1) is 7.36. The van der Waals surface area contributed by atoms with E-state index in [-0.39, 0.29) is 0 Å². The summed E-state index contributed by atoms with van der Waals surface area (Å²) in [6, 6.07) is 11.0. The summed E-state index contributed by atoms with van der Waals surface area (Å²) in [5.74, 6) is 5.88. The SMILES string of the molecule is CC1=C(c2ccccc2)[S+]2CC[S+]1CC2. The maximum atomic E-state index is 2.38. The predicted molar refractivity (Wildman–Crippen MR) is 73.2 cm³/mol. The first-order valence-electron chi connectivity index (χ1n) is 5.47. The Morgan fingerprint density at radius 3 is 2.07 bits per heavy atom. The van der Waals surface area contributed by atoms with Gasteiger partial charge in [-0.05, 0) is 12.1 Å². The zero-order chi connectivity index (χ0) is 10.3. The van der Waals surface area contributed by atoms with Gasteiger partial charge >= 0.3 is 0 Å². The molecule has 0 unspecified atom stereocenters. The molecule has 78 valence electrons. The zero-order valence-electron chi connectivity index (χ0n) is 9.03. The van der Waals surface area contributed by atoms with Crippen LogP contribution in [-0.2, 0) is 21.8 Å². The highest BCUT2D eigenvalue weighted by atomic mass is 32.2. The highest BCUT2D eigenvalue weighted by Gasteiger charge is 2.48. The summed E-state index contributed by atoms with van der Waals surface area (Å²) in [7, 11) is 1.21. The van der Waals surface area contributed by atoms with Crippen LogP contribution in [0.3, 0.4) is 0 Å². The lowest BCUT2D eigenvalue weighted by molar-refractivity contribution is 1.35. The van der Waals surface area contributed by atoms with E-state index in [1.165, 1.54) is 28.6 Å². The van der Waals surface area contributed by atoms with Gasteiger partial charge < -0.3 is 0 Å². The van der Waals surface area contributed by atoms with E-state index < -0.39 is 0 Å². The summed E-state index contributed by atoms with van der Waals surface area (Å²) < 4.78 is 0. The van der Waals surface area contributed by atoms with Crippen molar-refractivity contribution in [2.24, 2.45) is 0 Å². The monoisotopic (exact) mass is 236 g/mol. The molecule has 1 aromatic rings. The van der Waals surface area contributed by atoms with Crippen molar-refractivity contribution in [1.82, 2.24) is 0 Å². The highest BCUT2D eigenvalue weighted by Crippen LogP contribution is 2.39. The van der Waals surface area contributed by atoms with Gasteiger partial charge in [-0.15, -0.1) is 0 Å². The Kier molecular flexibility index (Phi) is 2.57. The minimum absolute atomic E-state index is 0.582. The summed E-state index contributed by atoms with van der Waals surface area (Å²) in [5.41, 5.74) is 1.50. The number of hydrogen-bond donors (Lipinski definition) is 0. The maximum absolute atomic E-state index is 2.38. The molecule has 15 heavy (non-hydrogen) atoms. The van der Waals surface area contributed by atoms with Crippen LogP contribution in [-0.4, -0.2) is 23.0 Å². The van der Waals surface area contributed by atoms with E-state index >= 15 is 0 Å². The predicted octanol–water partition coefficient (Wildman–Crippen LogP) is 2.64. The zero-order valence-corrected chi connectivity index (χ0v) is 10.7. The fourth-order valence-electron chi connectivity index (χ4n) is 2.41. The molecule has 0 nitrogen and oxygen atoms in total. The molecule has 2 heteroatoms. The first-order valence-corrected chi connectivity index (χ1v) is 8.60. The van der Waals surface area contributed by atoms with Crippen LogP contribution in [0.4, 0.5) is 0 Å². The molecule has 0 aliphatic carbocycles. The fourth-order valence-corrected chi connectivity index (χ4v) is 9.02. The molecule has 0 aromatic heterocycles. The molecule has 0 atom stereocenters. The topological polar surface area (TPSA) is 0 Å². The van der Waals surface area contributed by atoms with Crippen molar-refractivity contribution in [3.05, 3.63) is 40.8 Å². The molecule has 1 fully saturated rings. The van der Waals surface area contributed by atoms with E-state index in [0.29, 0.717) is 21.8 Å². The van der Waals surface area contributed by atoms with Gasteiger partial charge in [0.25, 0.3) is 0 Å². The van der Waals surface area contributed by atoms with Crippen LogP contribution in [0.5, 0.6) is 0 Å². The number of benzene rings is 1. The molecular weight excluding hydrogens is 220 g/mol. The quantitative estimate of drug-likeness (QED) is 0.658. The van der Waals surface area contributed by atoms with Crippen molar-refractivity contribution >= 4 is 26.7 Å². The molecule has 3 aliphatic rings. The van der Waals surface area contributed by atoms with Gasteiger partial charge in [-0.3, -0.25) is 0 Å². The third kappa shape index (κ3) is 1.64. The number of hydrogen-bond acceptors (Lipinski definition) is 0. The Morgan fingerprint density at radius 1 is 0.867 bits per heavy atom. The van der Waals surface area contributed by atoms with Gasteiger partial charge in [0.2, 0.25) is 4.91 Å². The minimum Gasteiger partial charge on any atom is -0.0622 e. The normalized spacial score (nSPS) is 29.7. The van der Waals surface area contributed by atoms with Gasteiger partial charge in [0.15, 0.2) is 27.9 Å². The Bertz CT molecular complexity index is 386. The van der Waals surface area contributed by atoms with E-state index in [2.05, 4.69) is 37.3 Å². The average Bonchev–Trinajstić information content (AvgIpc) is 2.31. The van der Waals surface area contributed by atoms with Crippen LogP contribution in [0.15, 0.2) is 35.2 Å². The van der Waals surface area contributed by atoms with Gasteiger partial charge in [-0.25, -0.2) is 0 Å². The summed E-state index contributed by atoms with van der Waals surface area (Å²) in [6.07, 6.45) is 0. The van der Waals surface area contributed by atoms with Crippen LogP contribution in [0.25, 0.3) is 4.91 Å². The van der Waals surface area contributed by atoms with E-state index in [1.54, 1.807) is 9.81 Å². The van der Waals surface area contributed by atoms with Gasteiger partial charge in [-0.2, -0.15) is 0 Å². The molecule has 0 saturated carbocycles. The minimum atomic E-state index is 0.582. The fraction of sp³-hybridized carbons (Fsp3) is 0.385. The molecule has 3 aliphatic heterocycles. The molecule has 0 N–H and O–H groups in total. The van der Waals surface area contributed by atoms with Crippen molar-refractivity contribution in [3.63, 3.8) is 0 Å². The van der Waals surface area contributed by atoms with Crippen molar-refractivity contribution in [3.8, 4) is 0 Å². The van der Waals surface area contributed by atoms with E-state index in [9.17, 15) is 0 Å². The average molecular weight is 236 g/mol. The lowest BCUT2D eigenvalue weighted by Gasteiger charge is -2.24. The van der Waals surface area contributed by atoms with E-state index in [1.807, 2.05) is 0 Å². The second kappa shape index (κ2) is 3.91. The van der Waals surface area contributed by atoms with Crippen molar-refractivity contribution in [2.45, 2.75) is 6.92 Å². The van der Waals surface area contributed by atoms with Crippen LogP contribution in [0, 0.1) is 0 Å². The molecule has 3 heterocycles. The number of rotatable bonds is 1. The third-order valence-corrected chi connectivity index (χ3v) is 8.85. The van der Waals surface area contributed by atoms with Gasteiger partial charge in [0.1, 0.15) is 0 Å². The summed E-state index contributed by atoms with van der Waals surface area (Å²) in [6.45, 7) is 2.38. The Labute approximate surface area is 97.5 Å². The maximum Gasteiger partial charge on any atom is 0.212 e. The van der Waals surface area contributed by atoms with Gasteiger partial charge in [0, 0.05) is 34.3 Å². The molecule has 4 rings (SSSR count). The second-order valence-electron chi connectivity index (χ2n) is 4.05. The Balaban J connectivity index is 2.08. The lowest BCUT2D eigenvalue weighted by Crippen LogP contribution is -2.39. The number of fused-ring (bicyclic) bond motifs is 2. The highest BCUT2D eigenvalue weighted by molar-refractivity contribution is 8.13. The molecule has 0 radical (unpaired) electrons. The first kappa shape index (κ1) is 9.86. The molecule has 2 bridgehead atoms. The van der Waals surface area contributed by atoms with Crippen LogP contribution >= 0.6 is 0 Å². The molecule has 1 saturated heterocycles. The van der Waals surface area contributed by atoms with Crippen LogP contribution in [0.2, 0.25) is 0 Å².